The lowest BCUT2D eigenvalue weighted by molar-refractivity contribution is -0.389. The molecule has 0 aliphatic heterocycles. The van der Waals surface area contributed by atoms with Crippen molar-refractivity contribution in [1.29, 1.82) is 0 Å². The van der Waals surface area contributed by atoms with E-state index < -0.39 is 4.92 Å². The molecule has 1 heterocycles. The Labute approximate surface area is 157 Å². The van der Waals surface area contributed by atoms with Crippen LogP contribution < -0.4 is 14.8 Å². The molecule has 9 nitrogen and oxygen atoms in total. The number of nitrogens with one attached hydrogen (secondary N) is 1. The number of aromatic nitrogens is 2. The molecule has 0 fully saturated rings. The second kappa shape index (κ2) is 9.02. The van der Waals surface area contributed by atoms with Crippen LogP contribution in [0.4, 0.5) is 5.82 Å². The summed E-state index contributed by atoms with van der Waals surface area (Å²) >= 11 is 0. The summed E-state index contributed by atoms with van der Waals surface area (Å²) in [5.41, 5.74) is 1.66. The van der Waals surface area contributed by atoms with Gasteiger partial charge in [0, 0.05) is 6.54 Å². The Morgan fingerprint density at radius 1 is 1.30 bits per heavy atom. The van der Waals surface area contributed by atoms with Gasteiger partial charge in [-0.3, -0.25) is 4.79 Å². The van der Waals surface area contributed by atoms with Gasteiger partial charge in [0.25, 0.3) is 0 Å². The lowest BCUT2D eigenvalue weighted by Crippen LogP contribution is -2.33. The fourth-order valence-corrected chi connectivity index (χ4v) is 2.65. The van der Waals surface area contributed by atoms with Crippen LogP contribution in [0, 0.1) is 23.0 Å². The molecule has 2 rings (SSSR count). The number of hydrogen-bond donors (Lipinski definition) is 1. The molecule has 1 aromatic heterocycles. The van der Waals surface area contributed by atoms with Crippen molar-refractivity contribution >= 4 is 11.7 Å². The Bertz CT molecular complexity index is 818. The standard InChI is InChI=1S/C18H24N4O5/c1-12(11-21-13(2)9-17(20-21)22(24)25)18(23)19-8-7-14-5-6-15(26-3)16(10-14)27-4/h5-6,9-10,12H,7-8,11H2,1-4H3,(H,19,23). The van der Waals surface area contributed by atoms with Gasteiger partial charge in [0.05, 0.1) is 43.5 Å². The van der Waals surface area contributed by atoms with Gasteiger partial charge in [0.2, 0.25) is 5.91 Å². The maximum Gasteiger partial charge on any atom is 0.390 e. The number of nitrogens with zero attached hydrogens (tertiary/aromatic N) is 3. The maximum atomic E-state index is 12.3. The quantitative estimate of drug-likeness (QED) is 0.530. The molecule has 0 radical (unpaired) electrons. The van der Waals surface area contributed by atoms with Crippen LogP contribution in [-0.2, 0) is 17.8 Å². The van der Waals surface area contributed by atoms with E-state index in [0.717, 1.165) is 5.56 Å². The van der Waals surface area contributed by atoms with Crippen molar-refractivity contribution in [3.63, 3.8) is 0 Å². The highest BCUT2D eigenvalue weighted by Crippen LogP contribution is 2.27. The number of hydrogen-bond acceptors (Lipinski definition) is 6. The SMILES string of the molecule is COc1ccc(CCNC(=O)C(C)Cn2nc([N+](=O)[O-])cc2C)cc1OC. The van der Waals surface area contributed by atoms with Gasteiger partial charge in [-0.15, -0.1) is 0 Å². The first-order valence-electron chi connectivity index (χ1n) is 8.53. The molecule has 1 N–H and O–H groups in total. The molecule has 0 aliphatic carbocycles. The Morgan fingerprint density at radius 3 is 2.59 bits per heavy atom. The third-order valence-electron chi connectivity index (χ3n) is 4.21. The van der Waals surface area contributed by atoms with E-state index >= 15 is 0 Å². The molecular formula is C18H24N4O5. The Kier molecular flexibility index (Phi) is 6.75. The molecule has 0 saturated heterocycles. The third-order valence-corrected chi connectivity index (χ3v) is 4.21. The first kappa shape index (κ1) is 20.2. The van der Waals surface area contributed by atoms with Crippen molar-refractivity contribution in [1.82, 2.24) is 15.1 Å². The van der Waals surface area contributed by atoms with Gasteiger partial charge < -0.3 is 24.9 Å². The monoisotopic (exact) mass is 376 g/mol. The third kappa shape index (κ3) is 5.19. The average Bonchev–Trinajstić information content (AvgIpc) is 3.02. The van der Waals surface area contributed by atoms with Crippen molar-refractivity contribution in [2.75, 3.05) is 20.8 Å². The second-order valence-corrected chi connectivity index (χ2v) is 6.21. The summed E-state index contributed by atoms with van der Waals surface area (Å²) < 4.78 is 12.0. The summed E-state index contributed by atoms with van der Waals surface area (Å²) in [6.45, 7) is 4.24. The molecule has 1 aromatic carbocycles. The summed E-state index contributed by atoms with van der Waals surface area (Å²) in [6.07, 6.45) is 0.644. The molecular weight excluding hydrogens is 352 g/mol. The number of nitro groups is 1. The topological polar surface area (TPSA) is 109 Å². The number of amides is 1. The number of ether oxygens (including phenoxy) is 2. The Hall–Kier alpha value is -3.10. The highest BCUT2D eigenvalue weighted by molar-refractivity contribution is 5.78. The van der Waals surface area contributed by atoms with Crippen LogP contribution in [0.5, 0.6) is 11.5 Å². The smallest absolute Gasteiger partial charge is 0.390 e. The van der Waals surface area contributed by atoms with Crippen LogP contribution >= 0.6 is 0 Å². The fraction of sp³-hybridized carbons (Fsp3) is 0.444. The molecule has 0 saturated carbocycles. The minimum absolute atomic E-state index is 0.131. The lowest BCUT2D eigenvalue weighted by atomic mass is 10.1. The summed E-state index contributed by atoms with van der Waals surface area (Å²) in [4.78, 5) is 22.5. The van der Waals surface area contributed by atoms with Gasteiger partial charge in [-0.05, 0) is 36.0 Å². The summed E-state index contributed by atoms with van der Waals surface area (Å²) in [7, 11) is 3.15. The van der Waals surface area contributed by atoms with E-state index in [4.69, 9.17) is 9.47 Å². The van der Waals surface area contributed by atoms with Gasteiger partial charge in [0.15, 0.2) is 11.5 Å². The molecule has 0 bridgehead atoms. The number of methoxy groups -OCH3 is 2. The van der Waals surface area contributed by atoms with Crippen LogP contribution in [-0.4, -0.2) is 41.4 Å². The van der Waals surface area contributed by atoms with Crippen LogP contribution in [0.15, 0.2) is 24.3 Å². The number of aryl methyl sites for hydroxylation is 1. The van der Waals surface area contributed by atoms with Crippen molar-refractivity contribution < 1.29 is 19.2 Å². The van der Waals surface area contributed by atoms with E-state index in [1.165, 1.54) is 10.7 Å². The van der Waals surface area contributed by atoms with E-state index in [1.807, 2.05) is 18.2 Å². The van der Waals surface area contributed by atoms with Gasteiger partial charge in [0.1, 0.15) is 0 Å². The molecule has 1 atom stereocenters. The first-order chi connectivity index (χ1) is 12.8. The molecule has 2 aromatic rings. The van der Waals surface area contributed by atoms with Gasteiger partial charge in [-0.25, -0.2) is 0 Å². The molecule has 1 unspecified atom stereocenters. The summed E-state index contributed by atoms with van der Waals surface area (Å²) in [5, 5.41) is 17.6. The van der Waals surface area contributed by atoms with Crippen LogP contribution in [0.1, 0.15) is 18.2 Å². The van der Waals surface area contributed by atoms with Gasteiger partial charge in [-0.1, -0.05) is 13.0 Å². The number of carbonyl (C=O) groups is 1. The fourth-order valence-electron chi connectivity index (χ4n) is 2.65. The lowest BCUT2D eigenvalue weighted by Gasteiger charge is -2.12. The van der Waals surface area contributed by atoms with Crippen molar-refractivity contribution in [3.05, 3.63) is 45.6 Å². The largest absolute Gasteiger partial charge is 0.493 e. The molecule has 27 heavy (non-hydrogen) atoms. The summed E-state index contributed by atoms with van der Waals surface area (Å²) in [5.74, 6) is 0.586. The Balaban J connectivity index is 1.87. The van der Waals surface area contributed by atoms with E-state index in [9.17, 15) is 14.9 Å². The molecule has 0 aliphatic rings. The molecule has 146 valence electrons. The van der Waals surface area contributed by atoms with Gasteiger partial charge in [-0.2, -0.15) is 4.68 Å². The van der Waals surface area contributed by atoms with E-state index in [1.54, 1.807) is 28.1 Å². The number of rotatable bonds is 9. The normalized spacial score (nSPS) is 11.7. The first-order valence-corrected chi connectivity index (χ1v) is 8.53. The minimum Gasteiger partial charge on any atom is -0.493 e. The molecule has 9 heteroatoms. The highest BCUT2D eigenvalue weighted by Gasteiger charge is 2.20. The van der Waals surface area contributed by atoms with Crippen LogP contribution in [0.2, 0.25) is 0 Å². The highest BCUT2D eigenvalue weighted by atomic mass is 16.6. The van der Waals surface area contributed by atoms with E-state index in [2.05, 4.69) is 10.4 Å². The zero-order chi connectivity index (χ0) is 20.0. The zero-order valence-corrected chi connectivity index (χ0v) is 15.9. The van der Waals surface area contributed by atoms with Gasteiger partial charge >= 0.3 is 5.82 Å². The second-order valence-electron chi connectivity index (χ2n) is 6.21. The van der Waals surface area contributed by atoms with Crippen molar-refractivity contribution in [2.45, 2.75) is 26.8 Å². The van der Waals surface area contributed by atoms with Crippen molar-refractivity contribution in [2.24, 2.45) is 5.92 Å². The number of carbonyl (C=O) groups excluding carboxylic acids is 1. The van der Waals surface area contributed by atoms with Crippen LogP contribution in [0.3, 0.4) is 0 Å². The minimum atomic E-state index is -0.544. The average molecular weight is 376 g/mol. The van der Waals surface area contributed by atoms with Crippen LogP contribution in [0.25, 0.3) is 0 Å². The predicted molar refractivity (Wildman–Crippen MR) is 99.0 cm³/mol. The zero-order valence-electron chi connectivity index (χ0n) is 15.9. The van der Waals surface area contributed by atoms with Crippen molar-refractivity contribution in [3.8, 4) is 11.5 Å². The molecule has 0 spiro atoms. The predicted octanol–water partition coefficient (Wildman–Crippen LogP) is 2.11. The summed E-state index contributed by atoms with van der Waals surface area (Å²) in [6, 6.07) is 7.01. The van der Waals surface area contributed by atoms with E-state index in [-0.39, 0.29) is 24.2 Å². The van der Waals surface area contributed by atoms with E-state index in [0.29, 0.717) is 30.2 Å². The maximum absolute atomic E-state index is 12.3. The number of benzene rings is 1. The Morgan fingerprint density at radius 2 is 2.00 bits per heavy atom. The molecule has 1 amide bonds.